The predicted octanol–water partition coefficient (Wildman–Crippen LogP) is 18.3. The molecule has 0 bridgehead atoms. The molecule has 0 N–H and O–H groups in total. The first-order valence-electron chi connectivity index (χ1n) is 25.3. The zero-order valence-corrected chi connectivity index (χ0v) is 40.3. The average Bonchev–Trinajstić information content (AvgIpc) is 3.27. The van der Waals surface area contributed by atoms with E-state index in [0.29, 0.717) is 0 Å². The highest BCUT2D eigenvalue weighted by Crippen LogP contribution is 2.46. The Bertz CT molecular complexity index is 1570. The molecule has 60 heavy (non-hydrogen) atoms. The minimum Gasteiger partial charge on any atom is -0.493 e. The van der Waals surface area contributed by atoms with Crippen LogP contribution in [0.4, 0.5) is 0 Å². The van der Waals surface area contributed by atoms with Gasteiger partial charge in [0.25, 0.3) is 0 Å². The van der Waals surface area contributed by atoms with Gasteiger partial charge in [0.05, 0.1) is 13.2 Å². The molecule has 334 valence electrons. The molecule has 0 radical (unpaired) electrons. The maximum absolute atomic E-state index is 6.83. The number of fused-ring (bicyclic) bond motifs is 2. The summed E-state index contributed by atoms with van der Waals surface area (Å²) in [5, 5.41) is 5.14. The van der Waals surface area contributed by atoms with Crippen LogP contribution in [0.15, 0.2) is 60.7 Å². The van der Waals surface area contributed by atoms with Crippen LogP contribution in [0.5, 0.6) is 11.5 Å². The SMILES string of the molecule is CCCCCCCCOc1ccc2cc(CCCCCCCCCCS)ccc2c1-c1c(OCCCCCCCC)ccc2cc(CCCCCCCCCCS)ccc12. The number of unbranched alkanes of at least 4 members (excludes halogenated alkanes) is 24. The Labute approximate surface area is 380 Å². The van der Waals surface area contributed by atoms with Gasteiger partial charge in [0.1, 0.15) is 11.5 Å². The molecular formula is C56H86O2S2. The predicted molar refractivity (Wildman–Crippen MR) is 274 cm³/mol. The molecule has 0 aliphatic heterocycles. The lowest BCUT2D eigenvalue weighted by atomic mass is 9.90. The van der Waals surface area contributed by atoms with Crippen molar-refractivity contribution >= 4 is 46.8 Å². The van der Waals surface area contributed by atoms with Crippen molar-refractivity contribution < 1.29 is 9.47 Å². The van der Waals surface area contributed by atoms with Gasteiger partial charge in [0.15, 0.2) is 0 Å². The van der Waals surface area contributed by atoms with Gasteiger partial charge in [-0.25, -0.2) is 0 Å². The van der Waals surface area contributed by atoms with Crippen LogP contribution in [0, 0.1) is 0 Å². The van der Waals surface area contributed by atoms with Crippen LogP contribution in [-0.2, 0) is 12.8 Å². The summed E-state index contributed by atoms with van der Waals surface area (Å²) < 4.78 is 13.7. The fourth-order valence-electron chi connectivity index (χ4n) is 8.92. The van der Waals surface area contributed by atoms with Gasteiger partial charge in [0.2, 0.25) is 0 Å². The van der Waals surface area contributed by atoms with Crippen LogP contribution < -0.4 is 9.47 Å². The van der Waals surface area contributed by atoms with Gasteiger partial charge in [0, 0.05) is 11.1 Å². The van der Waals surface area contributed by atoms with Crippen molar-refractivity contribution in [3.63, 3.8) is 0 Å². The smallest absolute Gasteiger partial charge is 0.127 e. The molecule has 2 nitrogen and oxygen atoms in total. The Morgan fingerprint density at radius 2 is 0.683 bits per heavy atom. The fraction of sp³-hybridized carbons (Fsp3) is 0.643. The second-order valence-corrected chi connectivity index (χ2v) is 18.7. The summed E-state index contributed by atoms with van der Waals surface area (Å²) in [6, 6.07) is 23.6. The summed E-state index contributed by atoms with van der Waals surface area (Å²) >= 11 is 8.73. The molecule has 0 aliphatic rings. The van der Waals surface area contributed by atoms with Gasteiger partial charge in [-0.15, -0.1) is 0 Å². The Morgan fingerprint density at radius 3 is 1.05 bits per heavy atom. The molecule has 4 heteroatoms. The monoisotopic (exact) mass is 855 g/mol. The van der Waals surface area contributed by atoms with Gasteiger partial charge in [-0.1, -0.05) is 204 Å². The van der Waals surface area contributed by atoms with Crippen molar-refractivity contribution in [1.82, 2.24) is 0 Å². The molecule has 0 saturated carbocycles. The molecule has 4 rings (SSSR count). The molecule has 0 aromatic heterocycles. The van der Waals surface area contributed by atoms with Crippen molar-refractivity contribution in [2.45, 2.75) is 206 Å². The normalized spacial score (nSPS) is 11.6. The topological polar surface area (TPSA) is 18.5 Å². The van der Waals surface area contributed by atoms with E-state index in [4.69, 9.17) is 9.47 Å². The Hall–Kier alpha value is -2.30. The summed E-state index contributed by atoms with van der Waals surface area (Å²) in [7, 11) is 0. The van der Waals surface area contributed by atoms with Crippen molar-refractivity contribution in [3.05, 3.63) is 71.8 Å². The first kappa shape index (κ1) is 50.3. The van der Waals surface area contributed by atoms with E-state index in [9.17, 15) is 0 Å². The zero-order valence-electron chi connectivity index (χ0n) is 38.5. The number of thiol groups is 2. The van der Waals surface area contributed by atoms with Crippen LogP contribution >= 0.6 is 25.3 Å². The third-order valence-corrected chi connectivity index (χ3v) is 13.2. The highest BCUT2D eigenvalue weighted by molar-refractivity contribution is 7.80. The molecule has 0 atom stereocenters. The van der Waals surface area contributed by atoms with E-state index in [2.05, 4.69) is 99.8 Å². The van der Waals surface area contributed by atoms with Gasteiger partial charge in [-0.3, -0.25) is 0 Å². The van der Waals surface area contributed by atoms with E-state index < -0.39 is 0 Å². The van der Waals surface area contributed by atoms with Crippen LogP contribution in [0.3, 0.4) is 0 Å². The second-order valence-electron chi connectivity index (χ2n) is 17.8. The van der Waals surface area contributed by atoms with Crippen LogP contribution in [0.1, 0.15) is 205 Å². The van der Waals surface area contributed by atoms with E-state index in [1.54, 1.807) is 0 Å². The fourth-order valence-corrected chi connectivity index (χ4v) is 9.37. The van der Waals surface area contributed by atoms with E-state index in [0.717, 1.165) is 61.9 Å². The largest absolute Gasteiger partial charge is 0.493 e. The maximum Gasteiger partial charge on any atom is 0.127 e. The number of benzene rings is 4. The maximum atomic E-state index is 6.83. The summed E-state index contributed by atoms with van der Waals surface area (Å²) in [6.45, 7) is 6.07. The Balaban J connectivity index is 1.59. The number of hydrogen-bond acceptors (Lipinski definition) is 4. The third-order valence-electron chi connectivity index (χ3n) is 12.6. The van der Waals surface area contributed by atoms with Gasteiger partial charge in [-0.05, 0) is 108 Å². The van der Waals surface area contributed by atoms with E-state index in [1.165, 1.54) is 211 Å². The molecular weight excluding hydrogens is 769 g/mol. The Kier molecular flexibility index (Phi) is 27.2. The van der Waals surface area contributed by atoms with Crippen LogP contribution in [0.2, 0.25) is 0 Å². The highest BCUT2D eigenvalue weighted by atomic mass is 32.1. The molecule has 4 aromatic rings. The quantitative estimate of drug-likeness (QED) is 0.0348. The molecule has 0 fully saturated rings. The van der Waals surface area contributed by atoms with Gasteiger partial charge < -0.3 is 9.47 Å². The van der Waals surface area contributed by atoms with Crippen molar-refractivity contribution in [1.29, 1.82) is 0 Å². The molecule has 0 heterocycles. The minimum absolute atomic E-state index is 0.746. The number of aryl methyl sites for hydroxylation is 2. The second kappa shape index (κ2) is 32.4. The van der Waals surface area contributed by atoms with Crippen molar-refractivity contribution in [2.24, 2.45) is 0 Å². The lowest BCUT2D eigenvalue weighted by molar-refractivity contribution is 0.302. The summed E-state index contributed by atoms with van der Waals surface area (Å²) in [5.74, 6) is 4.03. The standard InChI is InChI=1S/C56H86O2S2/c1-3-5-7-9-21-27-41-57-53-39-35-49-45-47(31-25-19-15-11-13-17-23-29-43-59)33-37-51(49)55(53)56-52-38-34-48(32-26-20-16-12-14-18-24-30-44-60)46-50(52)36-40-54(56)58-42-28-22-10-8-6-4-2/h33-40,45-46,59-60H,3-32,41-44H2,1-2H3. The first-order valence-corrected chi connectivity index (χ1v) is 26.6. The molecule has 0 spiro atoms. The molecule has 4 aromatic carbocycles. The van der Waals surface area contributed by atoms with Crippen LogP contribution in [0.25, 0.3) is 32.7 Å². The van der Waals surface area contributed by atoms with Crippen molar-refractivity contribution in [3.8, 4) is 22.6 Å². The first-order chi connectivity index (χ1) is 29.7. The summed E-state index contributed by atoms with van der Waals surface area (Å²) in [4.78, 5) is 0. The average molecular weight is 855 g/mol. The molecule has 0 saturated heterocycles. The third kappa shape index (κ3) is 19.0. The number of hydrogen-bond donors (Lipinski definition) is 2. The molecule has 0 aliphatic carbocycles. The van der Waals surface area contributed by atoms with E-state index in [1.807, 2.05) is 0 Å². The Morgan fingerprint density at radius 1 is 0.350 bits per heavy atom. The molecule has 0 unspecified atom stereocenters. The van der Waals surface area contributed by atoms with E-state index >= 15 is 0 Å². The number of ether oxygens (including phenoxy) is 2. The van der Waals surface area contributed by atoms with E-state index in [-0.39, 0.29) is 0 Å². The molecule has 0 amide bonds. The summed E-state index contributed by atoms with van der Waals surface area (Å²) in [5.41, 5.74) is 5.29. The van der Waals surface area contributed by atoms with Crippen LogP contribution in [-0.4, -0.2) is 24.7 Å². The lowest BCUT2D eigenvalue weighted by Gasteiger charge is -2.20. The zero-order chi connectivity index (χ0) is 42.3. The highest BCUT2D eigenvalue weighted by Gasteiger charge is 2.20. The van der Waals surface area contributed by atoms with Gasteiger partial charge in [-0.2, -0.15) is 25.3 Å². The number of rotatable bonds is 37. The van der Waals surface area contributed by atoms with Gasteiger partial charge >= 0.3 is 0 Å². The summed E-state index contributed by atoms with van der Waals surface area (Å²) in [6.07, 6.45) is 38.6. The minimum atomic E-state index is 0.746. The lowest BCUT2D eigenvalue weighted by Crippen LogP contribution is -2.03. The van der Waals surface area contributed by atoms with Crippen molar-refractivity contribution in [2.75, 3.05) is 24.7 Å².